The summed E-state index contributed by atoms with van der Waals surface area (Å²) in [5.41, 5.74) is 1.48. The van der Waals surface area contributed by atoms with E-state index < -0.39 is 11.7 Å². The molecule has 6 heteroatoms. The van der Waals surface area contributed by atoms with E-state index in [0.717, 1.165) is 16.5 Å². The van der Waals surface area contributed by atoms with Crippen molar-refractivity contribution in [1.29, 1.82) is 0 Å². The van der Waals surface area contributed by atoms with Crippen LogP contribution in [0, 0.1) is 6.92 Å². The minimum absolute atomic E-state index is 0.274. The number of carbonyl (C=O) groups is 1. The van der Waals surface area contributed by atoms with Crippen LogP contribution >= 0.6 is 0 Å². The van der Waals surface area contributed by atoms with Crippen LogP contribution in [0.5, 0.6) is 6.01 Å². The average molecular weight is 303 g/mol. The Hall–Kier alpha value is -2.37. The van der Waals surface area contributed by atoms with Gasteiger partial charge < -0.3 is 14.8 Å². The molecule has 0 bridgehead atoms. The summed E-state index contributed by atoms with van der Waals surface area (Å²) in [7, 11) is 0. The minimum Gasteiger partial charge on any atom is -0.462 e. The molecule has 0 spiro atoms. The smallest absolute Gasteiger partial charge is 0.407 e. The number of nitrogens with zero attached hydrogens (tertiary/aromatic N) is 2. The van der Waals surface area contributed by atoms with Crippen molar-refractivity contribution in [3.8, 4) is 6.01 Å². The van der Waals surface area contributed by atoms with Gasteiger partial charge in [0.15, 0.2) is 0 Å². The number of ether oxygens (including phenoxy) is 2. The molecule has 0 fully saturated rings. The third-order valence-corrected chi connectivity index (χ3v) is 2.71. The summed E-state index contributed by atoms with van der Waals surface area (Å²) in [5.74, 6) is 0. The van der Waals surface area contributed by atoms with E-state index in [9.17, 15) is 4.79 Å². The number of aromatic nitrogens is 2. The van der Waals surface area contributed by atoms with Gasteiger partial charge in [0.2, 0.25) is 0 Å². The SMILES string of the molecule is Cc1ccc2nc(OCCNC(=O)OC(C)(C)C)ncc2c1. The third-order valence-electron chi connectivity index (χ3n) is 2.71. The molecule has 2 aromatic rings. The molecule has 1 amide bonds. The number of nitrogens with one attached hydrogen (secondary N) is 1. The van der Waals surface area contributed by atoms with Crippen LogP contribution in [0.2, 0.25) is 0 Å². The van der Waals surface area contributed by atoms with Crippen LogP contribution in [-0.4, -0.2) is 34.8 Å². The Morgan fingerprint density at radius 1 is 1.32 bits per heavy atom. The first-order chi connectivity index (χ1) is 10.3. The summed E-state index contributed by atoms with van der Waals surface area (Å²) in [6.45, 7) is 8.06. The Morgan fingerprint density at radius 3 is 2.82 bits per heavy atom. The number of benzene rings is 1. The highest BCUT2D eigenvalue weighted by molar-refractivity contribution is 5.78. The minimum atomic E-state index is -0.509. The number of fused-ring (bicyclic) bond motifs is 1. The first-order valence-electron chi connectivity index (χ1n) is 7.16. The molecular weight excluding hydrogens is 282 g/mol. The van der Waals surface area contributed by atoms with Gasteiger partial charge in [-0.1, -0.05) is 11.6 Å². The molecule has 1 aromatic carbocycles. The van der Waals surface area contributed by atoms with Gasteiger partial charge in [0.05, 0.1) is 12.1 Å². The van der Waals surface area contributed by atoms with Gasteiger partial charge in [-0.3, -0.25) is 0 Å². The van der Waals surface area contributed by atoms with Gasteiger partial charge in [-0.15, -0.1) is 0 Å². The Labute approximate surface area is 129 Å². The van der Waals surface area contributed by atoms with Crippen molar-refractivity contribution >= 4 is 17.0 Å². The number of hydrogen-bond acceptors (Lipinski definition) is 5. The van der Waals surface area contributed by atoms with E-state index >= 15 is 0 Å². The van der Waals surface area contributed by atoms with Gasteiger partial charge in [-0.05, 0) is 39.8 Å². The fourth-order valence-electron chi connectivity index (χ4n) is 1.81. The Kier molecular flexibility index (Phi) is 4.80. The molecule has 1 aromatic heterocycles. The second-order valence-corrected chi connectivity index (χ2v) is 5.99. The van der Waals surface area contributed by atoms with E-state index in [4.69, 9.17) is 9.47 Å². The number of amides is 1. The van der Waals surface area contributed by atoms with Crippen LogP contribution in [0.1, 0.15) is 26.3 Å². The van der Waals surface area contributed by atoms with Gasteiger partial charge in [0, 0.05) is 11.6 Å². The van der Waals surface area contributed by atoms with Crippen molar-refractivity contribution in [2.45, 2.75) is 33.3 Å². The lowest BCUT2D eigenvalue weighted by atomic mass is 10.2. The predicted octanol–water partition coefficient (Wildman–Crippen LogP) is 2.84. The molecule has 0 aliphatic rings. The van der Waals surface area contributed by atoms with Crippen molar-refractivity contribution in [3.63, 3.8) is 0 Å². The molecular formula is C16H21N3O3. The van der Waals surface area contributed by atoms with Crippen molar-refractivity contribution < 1.29 is 14.3 Å². The molecule has 0 saturated carbocycles. The van der Waals surface area contributed by atoms with Crippen molar-refractivity contribution in [2.24, 2.45) is 0 Å². The summed E-state index contributed by atoms with van der Waals surface area (Å²) < 4.78 is 10.6. The monoisotopic (exact) mass is 303 g/mol. The lowest BCUT2D eigenvalue weighted by molar-refractivity contribution is 0.0519. The number of aryl methyl sites for hydroxylation is 1. The van der Waals surface area contributed by atoms with E-state index in [1.54, 1.807) is 6.20 Å². The molecule has 0 aliphatic heterocycles. The van der Waals surface area contributed by atoms with Crippen LogP contribution < -0.4 is 10.1 Å². The summed E-state index contributed by atoms with van der Waals surface area (Å²) in [4.78, 5) is 19.9. The van der Waals surface area contributed by atoms with Crippen molar-refractivity contribution in [3.05, 3.63) is 30.0 Å². The van der Waals surface area contributed by atoms with Crippen LogP contribution in [0.15, 0.2) is 24.4 Å². The standard InChI is InChI=1S/C16H21N3O3/c1-11-5-6-13-12(9-11)10-18-14(19-13)21-8-7-17-15(20)22-16(2,3)4/h5-6,9-10H,7-8H2,1-4H3,(H,17,20). The normalized spacial score (nSPS) is 11.3. The van der Waals surface area contributed by atoms with Crippen LogP contribution in [0.4, 0.5) is 4.79 Å². The summed E-state index contributed by atoms with van der Waals surface area (Å²) in [5, 5.41) is 3.58. The lowest BCUT2D eigenvalue weighted by Crippen LogP contribution is -2.34. The quantitative estimate of drug-likeness (QED) is 0.879. The molecule has 1 N–H and O–H groups in total. The zero-order chi connectivity index (χ0) is 16.2. The number of rotatable bonds is 4. The molecule has 1 heterocycles. The van der Waals surface area contributed by atoms with Crippen molar-refractivity contribution in [2.75, 3.05) is 13.2 Å². The fourth-order valence-corrected chi connectivity index (χ4v) is 1.81. The maximum Gasteiger partial charge on any atom is 0.407 e. The average Bonchev–Trinajstić information content (AvgIpc) is 2.41. The topological polar surface area (TPSA) is 73.3 Å². The number of hydrogen-bond donors (Lipinski definition) is 1. The van der Waals surface area contributed by atoms with Crippen LogP contribution in [0.3, 0.4) is 0 Å². The van der Waals surface area contributed by atoms with Crippen LogP contribution in [0.25, 0.3) is 10.9 Å². The first-order valence-corrected chi connectivity index (χ1v) is 7.16. The van der Waals surface area contributed by atoms with Gasteiger partial charge in [-0.2, -0.15) is 4.98 Å². The number of carbonyl (C=O) groups excluding carboxylic acids is 1. The first kappa shape index (κ1) is 16.0. The van der Waals surface area contributed by atoms with E-state index in [1.807, 2.05) is 45.9 Å². The molecule has 0 aliphatic carbocycles. The lowest BCUT2D eigenvalue weighted by Gasteiger charge is -2.19. The van der Waals surface area contributed by atoms with E-state index in [2.05, 4.69) is 15.3 Å². The van der Waals surface area contributed by atoms with Gasteiger partial charge in [-0.25, -0.2) is 9.78 Å². The maximum atomic E-state index is 11.5. The fraction of sp³-hybridized carbons (Fsp3) is 0.438. The Bertz CT molecular complexity index is 665. The molecule has 118 valence electrons. The highest BCUT2D eigenvalue weighted by Crippen LogP contribution is 2.15. The Balaban J connectivity index is 1.82. The van der Waals surface area contributed by atoms with E-state index in [0.29, 0.717) is 12.6 Å². The highest BCUT2D eigenvalue weighted by atomic mass is 16.6. The molecule has 22 heavy (non-hydrogen) atoms. The van der Waals surface area contributed by atoms with Gasteiger partial charge >= 0.3 is 12.1 Å². The molecule has 0 atom stereocenters. The second-order valence-electron chi connectivity index (χ2n) is 5.99. The zero-order valence-corrected chi connectivity index (χ0v) is 13.3. The largest absolute Gasteiger partial charge is 0.462 e. The van der Waals surface area contributed by atoms with Crippen molar-refractivity contribution in [1.82, 2.24) is 15.3 Å². The molecule has 0 unspecified atom stereocenters. The Morgan fingerprint density at radius 2 is 2.09 bits per heavy atom. The number of alkyl carbamates (subject to hydrolysis) is 1. The second kappa shape index (κ2) is 6.60. The highest BCUT2D eigenvalue weighted by Gasteiger charge is 2.15. The van der Waals surface area contributed by atoms with E-state index in [1.165, 1.54) is 0 Å². The molecule has 0 saturated heterocycles. The summed E-state index contributed by atoms with van der Waals surface area (Å²) in [6.07, 6.45) is 1.26. The molecule has 0 radical (unpaired) electrons. The van der Waals surface area contributed by atoms with E-state index in [-0.39, 0.29) is 6.61 Å². The summed E-state index contributed by atoms with van der Waals surface area (Å²) in [6, 6.07) is 6.23. The molecule has 2 rings (SSSR count). The van der Waals surface area contributed by atoms with Gasteiger partial charge in [0.1, 0.15) is 12.2 Å². The zero-order valence-electron chi connectivity index (χ0n) is 13.3. The predicted molar refractivity (Wildman–Crippen MR) is 84.0 cm³/mol. The maximum absolute atomic E-state index is 11.5. The molecule has 6 nitrogen and oxygen atoms in total. The van der Waals surface area contributed by atoms with Crippen LogP contribution in [-0.2, 0) is 4.74 Å². The third kappa shape index (κ3) is 4.87. The van der Waals surface area contributed by atoms with Gasteiger partial charge in [0.25, 0.3) is 0 Å². The summed E-state index contributed by atoms with van der Waals surface area (Å²) >= 11 is 0.